The van der Waals surface area contributed by atoms with Crippen molar-refractivity contribution in [2.75, 3.05) is 5.32 Å². The minimum Gasteiger partial charge on any atom is -0.462 e. The maximum Gasteiger partial charge on any atom is 0.275 e. The third-order valence-corrected chi connectivity index (χ3v) is 4.22. The number of hydrogen-bond acceptors (Lipinski definition) is 4. The van der Waals surface area contributed by atoms with E-state index < -0.39 is 11.7 Å². The van der Waals surface area contributed by atoms with Crippen molar-refractivity contribution in [2.45, 2.75) is 6.92 Å². The molecule has 1 N–H and O–H groups in total. The standard InChI is InChI=1S/C15H10ClFN2O2S/c1-8-13(19-15(22-8)11-6-3-7-21-11)14(20)18-10-5-2-4-9(16)12(10)17/h2-7H,1H3,(H,18,20). The van der Waals surface area contributed by atoms with E-state index in [0.717, 1.165) is 0 Å². The van der Waals surface area contributed by atoms with Gasteiger partial charge >= 0.3 is 0 Å². The molecule has 22 heavy (non-hydrogen) atoms. The molecule has 2 heterocycles. The number of aryl methyl sites for hydroxylation is 1. The molecule has 0 aliphatic carbocycles. The van der Waals surface area contributed by atoms with Gasteiger partial charge in [-0.1, -0.05) is 17.7 Å². The summed E-state index contributed by atoms with van der Waals surface area (Å²) in [5.74, 6) is -0.578. The Kier molecular flexibility index (Phi) is 3.96. The van der Waals surface area contributed by atoms with Crippen LogP contribution in [0, 0.1) is 12.7 Å². The van der Waals surface area contributed by atoms with Crippen LogP contribution in [0.4, 0.5) is 10.1 Å². The number of halogens is 2. The Labute approximate surface area is 134 Å². The molecular formula is C15H10ClFN2O2S. The van der Waals surface area contributed by atoms with Gasteiger partial charge in [0.05, 0.1) is 17.0 Å². The second-order valence-electron chi connectivity index (χ2n) is 4.46. The van der Waals surface area contributed by atoms with Crippen LogP contribution in [0.25, 0.3) is 10.8 Å². The third kappa shape index (κ3) is 2.75. The molecule has 3 rings (SSSR count). The quantitative estimate of drug-likeness (QED) is 0.750. The Hall–Kier alpha value is -2.18. The molecule has 0 unspecified atom stereocenters. The molecule has 3 aromatic rings. The Balaban J connectivity index is 1.88. The summed E-state index contributed by atoms with van der Waals surface area (Å²) >= 11 is 7.03. The molecule has 7 heteroatoms. The predicted octanol–water partition coefficient (Wildman–Crippen LogP) is 4.76. The van der Waals surface area contributed by atoms with Gasteiger partial charge in [0.15, 0.2) is 16.6 Å². The number of nitrogens with zero attached hydrogens (tertiary/aromatic N) is 1. The zero-order valence-electron chi connectivity index (χ0n) is 11.4. The van der Waals surface area contributed by atoms with Gasteiger partial charge in [0.1, 0.15) is 5.69 Å². The van der Waals surface area contributed by atoms with Crippen LogP contribution in [-0.4, -0.2) is 10.9 Å². The van der Waals surface area contributed by atoms with E-state index in [1.807, 2.05) is 0 Å². The van der Waals surface area contributed by atoms with Gasteiger partial charge < -0.3 is 9.73 Å². The molecule has 2 aromatic heterocycles. The first-order valence-electron chi connectivity index (χ1n) is 6.33. The average molecular weight is 337 g/mol. The monoisotopic (exact) mass is 336 g/mol. The highest BCUT2D eigenvalue weighted by molar-refractivity contribution is 7.15. The van der Waals surface area contributed by atoms with Crippen LogP contribution in [0.5, 0.6) is 0 Å². The van der Waals surface area contributed by atoms with E-state index in [-0.39, 0.29) is 16.4 Å². The summed E-state index contributed by atoms with van der Waals surface area (Å²) in [5, 5.41) is 3.03. The molecule has 112 valence electrons. The second-order valence-corrected chi connectivity index (χ2v) is 6.07. The number of rotatable bonds is 3. The maximum atomic E-state index is 13.8. The first-order chi connectivity index (χ1) is 10.6. The minimum absolute atomic E-state index is 0.0180. The van der Waals surface area contributed by atoms with Crippen LogP contribution in [0.3, 0.4) is 0 Å². The molecule has 0 spiro atoms. The van der Waals surface area contributed by atoms with Crippen molar-refractivity contribution in [1.82, 2.24) is 4.98 Å². The van der Waals surface area contributed by atoms with E-state index in [1.165, 1.54) is 29.7 Å². The number of thiazole rings is 1. The fourth-order valence-electron chi connectivity index (χ4n) is 1.89. The van der Waals surface area contributed by atoms with Crippen LogP contribution >= 0.6 is 22.9 Å². The molecular weight excluding hydrogens is 327 g/mol. The number of anilines is 1. The van der Waals surface area contributed by atoms with Crippen molar-refractivity contribution in [3.8, 4) is 10.8 Å². The molecule has 4 nitrogen and oxygen atoms in total. The first-order valence-corrected chi connectivity index (χ1v) is 7.52. The van der Waals surface area contributed by atoms with Crippen molar-refractivity contribution >= 4 is 34.5 Å². The summed E-state index contributed by atoms with van der Waals surface area (Å²) in [7, 11) is 0. The van der Waals surface area contributed by atoms with E-state index in [1.54, 1.807) is 25.1 Å². The van der Waals surface area contributed by atoms with Crippen molar-refractivity contribution in [3.63, 3.8) is 0 Å². The second kappa shape index (κ2) is 5.90. The highest BCUT2D eigenvalue weighted by atomic mass is 35.5. The molecule has 1 aromatic carbocycles. The number of amides is 1. The molecule has 0 radical (unpaired) electrons. The maximum absolute atomic E-state index is 13.8. The van der Waals surface area contributed by atoms with Crippen LogP contribution in [0.15, 0.2) is 41.0 Å². The van der Waals surface area contributed by atoms with Gasteiger partial charge in [-0.3, -0.25) is 4.79 Å². The smallest absolute Gasteiger partial charge is 0.275 e. The molecule has 0 atom stereocenters. The van der Waals surface area contributed by atoms with Crippen LogP contribution in [0.1, 0.15) is 15.4 Å². The number of benzene rings is 1. The lowest BCUT2D eigenvalue weighted by atomic mass is 10.3. The van der Waals surface area contributed by atoms with E-state index in [0.29, 0.717) is 15.6 Å². The molecule has 0 bridgehead atoms. The van der Waals surface area contributed by atoms with Crippen molar-refractivity contribution in [2.24, 2.45) is 0 Å². The zero-order valence-corrected chi connectivity index (χ0v) is 13.0. The van der Waals surface area contributed by atoms with Gasteiger partial charge in [0.2, 0.25) is 0 Å². The molecule has 0 saturated heterocycles. The van der Waals surface area contributed by atoms with Gasteiger partial charge in [0, 0.05) is 4.88 Å². The summed E-state index contributed by atoms with van der Waals surface area (Å²) in [5.41, 5.74) is 0.250. The minimum atomic E-state index is -0.670. The van der Waals surface area contributed by atoms with Crippen LogP contribution in [-0.2, 0) is 0 Å². The van der Waals surface area contributed by atoms with Gasteiger partial charge in [0.25, 0.3) is 5.91 Å². The normalized spacial score (nSPS) is 10.7. The summed E-state index contributed by atoms with van der Waals surface area (Å²) in [6.07, 6.45) is 1.53. The topological polar surface area (TPSA) is 55.1 Å². The highest BCUT2D eigenvalue weighted by Crippen LogP contribution is 2.29. The Morgan fingerprint density at radius 1 is 1.36 bits per heavy atom. The third-order valence-electron chi connectivity index (χ3n) is 2.94. The van der Waals surface area contributed by atoms with Crippen molar-refractivity contribution in [3.05, 3.63) is 58.0 Å². The lowest BCUT2D eigenvalue weighted by Gasteiger charge is -2.06. The molecule has 0 aliphatic rings. The van der Waals surface area contributed by atoms with Gasteiger partial charge in [-0.15, -0.1) is 11.3 Å². The lowest BCUT2D eigenvalue weighted by molar-refractivity contribution is 0.102. The highest BCUT2D eigenvalue weighted by Gasteiger charge is 2.19. The van der Waals surface area contributed by atoms with E-state index in [4.69, 9.17) is 16.0 Å². The van der Waals surface area contributed by atoms with Crippen LogP contribution < -0.4 is 5.32 Å². The van der Waals surface area contributed by atoms with E-state index >= 15 is 0 Å². The van der Waals surface area contributed by atoms with Gasteiger partial charge in [-0.25, -0.2) is 9.37 Å². The Morgan fingerprint density at radius 3 is 2.91 bits per heavy atom. The molecule has 0 fully saturated rings. The first kappa shape index (κ1) is 14.7. The number of hydrogen-bond donors (Lipinski definition) is 1. The summed E-state index contributed by atoms with van der Waals surface area (Å²) in [6, 6.07) is 7.91. The van der Waals surface area contributed by atoms with Crippen molar-refractivity contribution < 1.29 is 13.6 Å². The fourth-order valence-corrected chi connectivity index (χ4v) is 2.95. The molecule has 1 amide bonds. The summed E-state index contributed by atoms with van der Waals surface area (Å²) in [4.78, 5) is 17.2. The van der Waals surface area contributed by atoms with Gasteiger partial charge in [-0.2, -0.15) is 0 Å². The van der Waals surface area contributed by atoms with Crippen LogP contribution in [0.2, 0.25) is 5.02 Å². The van der Waals surface area contributed by atoms with Gasteiger partial charge in [-0.05, 0) is 31.2 Å². The Morgan fingerprint density at radius 2 is 2.18 bits per heavy atom. The Bertz CT molecular complexity index is 830. The average Bonchev–Trinajstić information content (AvgIpc) is 3.13. The fraction of sp³-hybridized carbons (Fsp3) is 0.0667. The summed E-state index contributed by atoms with van der Waals surface area (Å²) < 4.78 is 19.1. The zero-order chi connectivity index (χ0) is 15.7. The van der Waals surface area contributed by atoms with E-state index in [2.05, 4.69) is 10.3 Å². The summed E-state index contributed by atoms with van der Waals surface area (Å²) in [6.45, 7) is 1.77. The lowest BCUT2D eigenvalue weighted by Crippen LogP contribution is -2.14. The molecule has 0 aliphatic heterocycles. The number of carbonyl (C=O) groups excluding carboxylic acids is 1. The predicted molar refractivity (Wildman–Crippen MR) is 83.9 cm³/mol. The molecule has 0 saturated carbocycles. The number of carbonyl (C=O) groups is 1. The SMILES string of the molecule is Cc1sc(-c2ccco2)nc1C(=O)Nc1cccc(Cl)c1F. The largest absolute Gasteiger partial charge is 0.462 e. The van der Waals surface area contributed by atoms with Crippen molar-refractivity contribution in [1.29, 1.82) is 0 Å². The number of aromatic nitrogens is 1. The number of nitrogens with one attached hydrogen (secondary N) is 1. The van der Waals surface area contributed by atoms with E-state index in [9.17, 15) is 9.18 Å². The number of furan rings is 1.